The number of aromatic nitrogens is 1. The number of rotatable bonds is 4. The highest BCUT2D eigenvalue weighted by Crippen LogP contribution is 2.30. The summed E-state index contributed by atoms with van der Waals surface area (Å²) < 4.78 is 34.3. The molecule has 7 nitrogen and oxygen atoms in total. The van der Waals surface area contributed by atoms with Crippen molar-refractivity contribution in [3.05, 3.63) is 42.0 Å². The van der Waals surface area contributed by atoms with Crippen LogP contribution in [-0.2, 0) is 17.2 Å². The molecule has 3 rings (SSSR count). The molecule has 9 heteroatoms. The molecule has 0 radical (unpaired) electrons. The van der Waals surface area contributed by atoms with Gasteiger partial charge in [-0.05, 0) is 65.3 Å². The van der Waals surface area contributed by atoms with Crippen LogP contribution in [0.25, 0.3) is 10.2 Å². The second-order valence-electron chi connectivity index (χ2n) is 6.11. The van der Waals surface area contributed by atoms with Gasteiger partial charge in [0.1, 0.15) is 11.2 Å². The lowest BCUT2D eigenvalue weighted by Gasteiger charge is -2.12. The van der Waals surface area contributed by atoms with Crippen LogP contribution < -0.4 is 9.47 Å². The summed E-state index contributed by atoms with van der Waals surface area (Å²) in [6, 6.07) is 10.4. The molecule has 0 unspecified atom stereocenters. The van der Waals surface area contributed by atoms with Crippen LogP contribution >= 0.6 is 11.3 Å². The van der Waals surface area contributed by atoms with Gasteiger partial charge in [0.05, 0.1) is 21.8 Å². The van der Waals surface area contributed by atoms with Gasteiger partial charge in [-0.2, -0.15) is 8.42 Å². The zero-order valence-corrected chi connectivity index (χ0v) is 16.5. The molecule has 0 saturated carbocycles. The number of azo groups is 1. The third-order valence-corrected chi connectivity index (χ3v) is 5.95. The molecule has 1 aromatic heterocycles. The van der Waals surface area contributed by atoms with Gasteiger partial charge in [-0.1, -0.05) is 0 Å². The minimum Gasteiger partial charge on any atom is -0.378 e. The lowest BCUT2D eigenvalue weighted by molar-refractivity contribution is -0.627. The topological polar surface area (TPSA) is 86.2 Å². The van der Waals surface area contributed by atoms with Gasteiger partial charge in [0.25, 0.3) is 10.1 Å². The molecular weight excluding hydrogens is 372 g/mol. The Morgan fingerprint density at radius 3 is 2.46 bits per heavy atom. The molecule has 0 atom stereocenters. The normalized spacial score (nSPS) is 12.2. The highest BCUT2D eigenvalue weighted by atomic mass is 32.2. The second-order valence-corrected chi connectivity index (χ2v) is 8.54. The standard InChI is InChI=1S/C17H18N4O3S2/c1-11-9-12(20(2)3)5-7-14(11)18-19-17-21(4)15-8-6-13(26(22,23)24)10-16(15)25-17/h5-10H,1-4H3/p+1. The minimum absolute atomic E-state index is 0.134. The summed E-state index contributed by atoms with van der Waals surface area (Å²) in [6.45, 7) is 1.98. The van der Waals surface area contributed by atoms with Crippen LogP contribution in [0, 0.1) is 6.92 Å². The molecule has 0 aliphatic heterocycles. The maximum Gasteiger partial charge on any atom is 0.409 e. The fraction of sp³-hybridized carbons (Fsp3) is 0.235. The highest BCUT2D eigenvalue weighted by Gasteiger charge is 2.19. The summed E-state index contributed by atoms with van der Waals surface area (Å²) in [6.07, 6.45) is 0. The quantitative estimate of drug-likeness (QED) is 0.417. The zero-order valence-electron chi connectivity index (χ0n) is 14.8. The molecule has 26 heavy (non-hydrogen) atoms. The average Bonchev–Trinajstić information content (AvgIpc) is 2.88. The molecule has 2 aromatic carbocycles. The number of hydrogen-bond acceptors (Lipinski definition) is 6. The number of anilines is 1. The molecule has 0 fully saturated rings. The summed E-state index contributed by atoms with van der Waals surface area (Å²) in [4.78, 5) is 1.89. The summed E-state index contributed by atoms with van der Waals surface area (Å²) >= 11 is 1.31. The van der Waals surface area contributed by atoms with E-state index >= 15 is 0 Å². The Hall–Kier alpha value is -2.36. The molecular formula is C17H19N4O3S2+. The van der Waals surface area contributed by atoms with E-state index in [0.717, 1.165) is 22.5 Å². The van der Waals surface area contributed by atoms with E-state index in [2.05, 4.69) is 10.2 Å². The van der Waals surface area contributed by atoms with Crippen molar-refractivity contribution >= 4 is 48.2 Å². The highest BCUT2D eigenvalue weighted by molar-refractivity contribution is 7.85. The van der Waals surface area contributed by atoms with Gasteiger partial charge in [-0.25, -0.2) is 4.57 Å². The van der Waals surface area contributed by atoms with Gasteiger partial charge in [-0.3, -0.25) is 4.55 Å². The Kier molecular flexibility index (Phi) is 4.78. The monoisotopic (exact) mass is 391 g/mol. The van der Waals surface area contributed by atoms with Crippen LogP contribution in [0.15, 0.2) is 51.5 Å². The summed E-state index contributed by atoms with van der Waals surface area (Å²) in [5, 5.41) is 9.28. The van der Waals surface area contributed by atoms with Gasteiger partial charge in [0.15, 0.2) is 0 Å². The zero-order chi connectivity index (χ0) is 19.1. The molecule has 136 valence electrons. The third-order valence-electron chi connectivity index (χ3n) is 4.02. The number of fused-ring (bicyclic) bond motifs is 1. The SMILES string of the molecule is Cc1cc(N(C)C)ccc1N=Nc1sc2cc(S(=O)(=O)O)ccc2[n+]1C. The van der Waals surface area contributed by atoms with E-state index in [9.17, 15) is 13.0 Å². The summed E-state index contributed by atoms with van der Waals surface area (Å²) in [5.41, 5.74) is 3.69. The number of thiazole rings is 1. The van der Waals surface area contributed by atoms with Gasteiger partial charge in [0.2, 0.25) is 0 Å². The van der Waals surface area contributed by atoms with Crippen LogP contribution in [0.2, 0.25) is 0 Å². The molecule has 0 bridgehead atoms. The van der Waals surface area contributed by atoms with E-state index in [1.54, 1.807) is 6.07 Å². The largest absolute Gasteiger partial charge is 0.409 e. The van der Waals surface area contributed by atoms with Gasteiger partial charge < -0.3 is 4.90 Å². The number of nitrogens with zero attached hydrogens (tertiary/aromatic N) is 4. The van der Waals surface area contributed by atoms with Crippen molar-refractivity contribution in [3.63, 3.8) is 0 Å². The van der Waals surface area contributed by atoms with Crippen molar-refractivity contribution in [2.24, 2.45) is 17.3 Å². The Morgan fingerprint density at radius 1 is 1.12 bits per heavy atom. The van der Waals surface area contributed by atoms with Gasteiger partial charge in [0, 0.05) is 19.8 Å². The number of benzene rings is 2. The van der Waals surface area contributed by atoms with Crippen LogP contribution in [-0.4, -0.2) is 27.1 Å². The second kappa shape index (κ2) is 6.75. The molecule has 1 heterocycles. The molecule has 0 spiro atoms. The van der Waals surface area contributed by atoms with Crippen LogP contribution in [0.1, 0.15) is 5.56 Å². The lowest BCUT2D eigenvalue weighted by atomic mass is 10.2. The van der Waals surface area contributed by atoms with Crippen molar-refractivity contribution in [2.75, 3.05) is 19.0 Å². The van der Waals surface area contributed by atoms with Crippen molar-refractivity contribution in [1.29, 1.82) is 0 Å². The maximum absolute atomic E-state index is 11.3. The number of aryl methyl sites for hydroxylation is 2. The van der Waals surface area contributed by atoms with Crippen molar-refractivity contribution in [2.45, 2.75) is 11.8 Å². The fourth-order valence-electron chi connectivity index (χ4n) is 2.50. The molecule has 3 aromatic rings. The van der Waals surface area contributed by atoms with Crippen LogP contribution in [0.5, 0.6) is 0 Å². The van der Waals surface area contributed by atoms with Crippen molar-refractivity contribution in [1.82, 2.24) is 0 Å². The third kappa shape index (κ3) is 3.59. The smallest absolute Gasteiger partial charge is 0.378 e. The Bertz CT molecular complexity index is 1120. The molecule has 0 saturated heterocycles. The minimum atomic E-state index is -4.23. The number of hydrogen-bond donors (Lipinski definition) is 1. The molecule has 0 amide bonds. The van der Waals surface area contributed by atoms with E-state index in [1.165, 1.54) is 23.5 Å². The van der Waals surface area contributed by atoms with Crippen LogP contribution in [0.3, 0.4) is 0 Å². The van der Waals surface area contributed by atoms with Gasteiger partial charge in [-0.15, -0.1) is 0 Å². The first-order chi connectivity index (χ1) is 12.2. The molecule has 0 aliphatic carbocycles. The lowest BCUT2D eigenvalue weighted by Crippen LogP contribution is -2.25. The Labute approximate surface area is 156 Å². The fourth-order valence-corrected chi connectivity index (χ4v) is 4.09. The molecule has 0 aliphatic rings. The first-order valence-electron chi connectivity index (χ1n) is 7.76. The van der Waals surface area contributed by atoms with Crippen LogP contribution in [0.4, 0.5) is 16.5 Å². The average molecular weight is 391 g/mol. The predicted octanol–water partition coefficient (Wildman–Crippen LogP) is 3.76. The van der Waals surface area contributed by atoms with E-state index in [0.29, 0.717) is 9.83 Å². The first kappa shape index (κ1) is 18.4. The van der Waals surface area contributed by atoms with Crippen molar-refractivity contribution < 1.29 is 17.5 Å². The predicted molar refractivity (Wildman–Crippen MR) is 102 cm³/mol. The Balaban J connectivity index is 1.98. The van der Waals surface area contributed by atoms with E-state index in [1.807, 2.05) is 55.7 Å². The summed E-state index contributed by atoms with van der Waals surface area (Å²) in [5.74, 6) is 0. The van der Waals surface area contributed by atoms with E-state index < -0.39 is 10.1 Å². The molecule has 1 N–H and O–H groups in total. The Morgan fingerprint density at radius 2 is 1.85 bits per heavy atom. The van der Waals surface area contributed by atoms with E-state index in [4.69, 9.17) is 0 Å². The maximum atomic E-state index is 11.3. The first-order valence-corrected chi connectivity index (χ1v) is 10.0. The van der Waals surface area contributed by atoms with E-state index in [-0.39, 0.29) is 4.90 Å². The van der Waals surface area contributed by atoms with Crippen molar-refractivity contribution in [3.8, 4) is 0 Å². The summed E-state index contributed by atoms with van der Waals surface area (Å²) in [7, 11) is 1.57. The van der Waals surface area contributed by atoms with Gasteiger partial charge >= 0.3 is 5.13 Å².